The fourth-order valence-corrected chi connectivity index (χ4v) is 4.08. The van der Waals surface area contributed by atoms with E-state index in [1.807, 2.05) is 35.8 Å². The topological polar surface area (TPSA) is 45.5 Å². The molecule has 0 saturated carbocycles. The number of likely N-dealkylation sites (tertiary alicyclic amines) is 1. The van der Waals surface area contributed by atoms with Gasteiger partial charge in [-0.15, -0.1) is 11.8 Å². The number of nitrogens with zero attached hydrogens (tertiary/aromatic N) is 4. The molecule has 1 aromatic heterocycles. The summed E-state index contributed by atoms with van der Waals surface area (Å²) < 4.78 is 1.89. The molecular weight excluding hydrogens is 330 g/mol. The van der Waals surface area contributed by atoms with E-state index in [4.69, 9.17) is 4.99 Å². The smallest absolute Gasteiger partial charge is 0.194 e. The summed E-state index contributed by atoms with van der Waals surface area (Å²) in [6, 6.07) is 12.7. The quantitative estimate of drug-likeness (QED) is 0.490. The van der Waals surface area contributed by atoms with Crippen LogP contribution in [0.4, 0.5) is 0 Å². The zero-order chi connectivity index (χ0) is 17.5. The van der Waals surface area contributed by atoms with Gasteiger partial charge in [0.25, 0.3) is 0 Å². The molecule has 1 fully saturated rings. The van der Waals surface area contributed by atoms with Crippen LogP contribution in [-0.2, 0) is 13.6 Å². The Bertz CT molecular complexity index is 682. The predicted octanol–water partition coefficient (Wildman–Crippen LogP) is 3.00. The highest BCUT2D eigenvalue weighted by molar-refractivity contribution is 7.99. The molecule has 1 aromatic carbocycles. The van der Waals surface area contributed by atoms with Crippen molar-refractivity contribution in [1.82, 2.24) is 20.0 Å². The van der Waals surface area contributed by atoms with Gasteiger partial charge < -0.3 is 10.2 Å². The number of aromatic nitrogens is 2. The van der Waals surface area contributed by atoms with Gasteiger partial charge in [0.2, 0.25) is 0 Å². The molecule has 1 aliphatic heterocycles. The van der Waals surface area contributed by atoms with E-state index in [2.05, 4.69) is 52.6 Å². The van der Waals surface area contributed by atoms with E-state index in [-0.39, 0.29) is 0 Å². The number of thioether (sulfide) groups is 1. The lowest BCUT2D eigenvalue weighted by atomic mass is 10.2. The maximum atomic E-state index is 4.82. The predicted molar refractivity (Wildman–Crippen MR) is 105 cm³/mol. The molecule has 134 valence electrons. The van der Waals surface area contributed by atoms with Crippen LogP contribution < -0.4 is 5.32 Å². The maximum absolute atomic E-state index is 4.82. The minimum absolute atomic E-state index is 0.665. The fraction of sp³-hybridized carbons (Fsp3) is 0.474. The first-order valence-corrected chi connectivity index (χ1v) is 9.92. The summed E-state index contributed by atoms with van der Waals surface area (Å²) in [7, 11) is 1.96. The van der Waals surface area contributed by atoms with Crippen molar-refractivity contribution in [2.45, 2.75) is 24.8 Å². The minimum Gasteiger partial charge on any atom is -0.357 e. The summed E-state index contributed by atoms with van der Waals surface area (Å²) in [6.45, 7) is 5.84. The molecule has 0 spiro atoms. The van der Waals surface area contributed by atoms with Gasteiger partial charge in [0, 0.05) is 43.5 Å². The molecular formula is C19H27N5S. The van der Waals surface area contributed by atoms with Gasteiger partial charge in [-0.1, -0.05) is 18.2 Å². The van der Waals surface area contributed by atoms with Gasteiger partial charge in [0.1, 0.15) is 0 Å². The Balaban J connectivity index is 1.55. The van der Waals surface area contributed by atoms with Crippen molar-refractivity contribution in [3.63, 3.8) is 0 Å². The summed E-state index contributed by atoms with van der Waals surface area (Å²) >= 11 is 1.96. The summed E-state index contributed by atoms with van der Waals surface area (Å²) in [5.74, 6) is 2.91. The van der Waals surface area contributed by atoms with Crippen LogP contribution in [0, 0.1) is 5.92 Å². The third kappa shape index (κ3) is 5.01. The van der Waals surface area contributed by atoms with Crippen LogP contribution in [0.1, 0.15) is 19.0 Å². The van der Waals surface area contributed by atoms with Gasteiger partial charge in [-0.25, -0.2) is 4.99 Å². The third-order valence-electron chi connectivity index (χ3n) is 4.46. The SMILES string of the molecule is CCNC(=NCc1ccnn1C)N1CCC(CSc2ccccc2)C1. The van der Waals surface area contributed by atoms with Crippen LogP contribution in [0.3, 0.4) is 0 Å². The molecule has 1 aliphatic rings. The highest BCUT2D eigenvalue weighted by atomic mass is 32.2. The van der Waals surface area contributed by atoms with E-state index < -0.39 is 0 Å². The Hall–Kier alpha value is -1.95. The molecule has 1 N–H and O–H groups in total. The molecule has 1 unspecified atom stereocenters. The van der Waals surface area contributed by atoms with E-state index in [1.165, 1.54) is 17.1 Å². The number of hydrogen-bond acceptors (Lipinski definition) is 3. The van der Waals surface area contributed by atoms with E-state index in [9.17, 15) is 0 Å². The molecule has 0 amide bonds. The van der Waals surface area contributed by atoms with Gasteiger partial charge >= 0.3 is 0 Å². The molecule has 0 aliphatic carbocycles. The molecule has 1 atom stereocenters. The Labute approximate surface area is 154 Å². The minimum atomic E-state index is 0.665. The van der Waals surface area contributed by atoms with E-state index in [0.29, 0.717) is 12.5 Å². The first-order chi connectivity index (χ1) is 12.3. The van der Waals surface area contributed by atoms with Crippen molar-refractivity contribution in [3.05, 3.63) is 48.3 Å². The Morgan fingerprint density at radius 2 is 2.16 bits per heavy atom. The second-order valence-corrected chi connectivity index (χ2v) is 7.43. The molecule has 1 saturated heterocycles. The van der Waals surface area contributed by atoms with Crippen molar-refractivity contribution in [3.8, 4) is 0 Å². The number of guanidine groups is 1. The zero-order valence-electron chi connectivity index (χ0n) is 15.1. The summed E-state index contributed by atoms with van der Waals surface area (Å²) in [5.41, 5.74) is 1.13. The number of aliphatic imine (C=N–C) groups is 1. The van der Waals surface area contributed by atoms with Crippen LogP contribution in [0.15, 0.2) is 52.5 Å². The van der Waals surface area contributed by atoms with Crippen molar-refractivity contribution in [2.24, 2.45) is 18.0 Å². The van der Waals surface area contributed by atoms with Crippen molar-refractivity contribution < 1.29 is 0 Å². The fourth-order valence-electron chi connectivity index (χ4n) is 3.03. The van der Waals surface area contributed by atoms with E-state index >= 15 is 0 Å². The van der Waals surface area contributed by atoms with Gasteiger partial charge in [-0.2, -0.15) is 5.10 Å². The molecule has 3 rings (SSSR count). The van der Waals surface area contributed by atoms with Crippen molar-refractivity contribution >= 4 is 17.7 Å². The molecule has 2 heterocycles. The van der Waals surface area contributed by atoms with E-state index in [1.54, 1.807) is 0 Å². The summed E-state index contributed by atoms with van der Waals surface area (Å²) in [6.07, 6.45) is 3.06. The first kappa shape index (κ1) is 17.9. The molecule has 0 radical (unpaired) electrons. The second kappa shape index (κ2) is 8.94. The Kier molecular flexibility index (Phi) is 6.39. The lowest BCUT2D eigenvalue weighted by molar-refractivity contribution is 0.474. The van der Waals surface area contributed by atoms with Crippen LogP contribution in [0.2, 0.25) is 0 Å². The third-order valence-corrected chi connectivity index (χ3v) is 5.71. The highest BCUT2D eigenvalue weighted by Crippen LogP contribution is 2.25. The van der Waals surface area contributed by atoms with Crippen molar-refractivity contribution in [1.29, 1.82) is 0 Å². The Morgan fingerprint density at radius 3 is 2.88 bits per heavy atom. The van der Waals surface area contributed by atoms with Gasteiger partial charge in [-0.3, -0.25) is 4.68 Å². The highest BCUT2D eigenvalue weighted by Gasteiger charge is 2.24. The van der Waals surface area contributed by atoms with Gasteiger partial charge in [-0.05, 0) is 37.5 Å². The molecule has 6 heteroatoms. The van der Waals surface area contributed by atoms with Crippen LogP contribution in [0.25, 0.3) is 0 Å². The zero-order valence-corrected chi connectivity index (χ0v) is 15.9. The summed E-state index contributed by atoms with van der Waals surface area (Å²) in [5, 5.41) is 7.65. The Morgan fingerprint density at radius 1 is 1.32 bits per heavy atom. The first-order valence-electron chi connectivity index (χ1n) is 8.94. The number of aryl methyl sites for hydroxylation is 1. The lowest BCUT2D eigenvalue weighted by Gasteiger charge is -2.21. The van der Waals surface area contributed by atoms with Crippen LogP contribution >= 0.6 is 11.8 Å². The second-order valence-electron chi connectivity index (χ2n) is 6.34. The standard InChI is InChI=1S/C19H27N5S/c1-3-20-19(21-13-17-9-11-22-23(17)2)24-12-10-16(14-24)15-25-18-7-5-4-6-8-18/h4-9,11,16H,3,10,12-15H2,1-2H3,(H,20,21). The summed E-state index contributed by atoms with van der Waals surface area (Å²) in [4.78, 5) is 8.57. The maximum Gasteiger partial charge on any atom is 0.194 e. The van der Waals surface area contributed by atoms with Crippen LogP contribution in [-0.4, -0.2) is 46.0 Å². The van der Waals surface area contributed by atoms with Gasteiger partial charge in [0.15, 0.2) is 5.96 Å². The molecule has 2 aromatic rings. The van der Waals surface area contributed by atoms with Crippen molar-refractivity contribution in [2.75, 3.05) is 25.4 Å². The normalized spacial score (nSPS) is 17.9. The molecule has 5 nitrogen and oxygen atoms in total. The number of hydrogen-bond donors (Lipinski definition) is 1. The van der Waals surface area contributed by atoms with Gasteiger partial charge in [0.05, 0.1) is 12.2 Å². The molecule has 25 heavy (non-hydrogen) atoms. The lowest BCUT2D eigenvalue weighted by Crippen LogP contribution is -2.40. The molecule has 0 bridgehead atoms. The average molecular weight is 358 g/mol. The number of benzene rings is 1. The van der Waals surface area contributed by atoms with Crippen LogP contribution in [0.5, 0.6) is 0 Å². The average Bonchev–Trinajstić information content (AvgIpc) is 3.27. The monoisotopic (exact) mass is 357 g/mol. The van der Waals surface area contributed by atoms with E-state index in [0.717, 1.165) is 31.3 Å². The number of nitrogens with one attached hydrogen (secondary N) is 1. The largest absolute Gasteiger partial charge is 0.357 e. The number of rotatable bonds is 6.